The van der Waals surface area contributed by atoms with E-state index in [9.17, 15) is 19.5 Å². The van der Waals surface area contributed by atoms with Crippen molar-refractivity contribution >= 4 is 23.8 Å². The van der Waals surface area contributed by atoms with E-state index in [0.717, 1.165) is 22.3 Å². The molecule has 2 atom stereocenters. The summed E-state index contributed by atoms with van der Waals surface area (Å²) in [6, 6.07) is 17.7. The van der Waals surface area contributed by atoms with Gasteiger partial charge in [0.05, 0.1) is 5.41 Å². The van der Waals surface area contributed by atoms with E-state index < -0.39 is 17.5 Å². The zero-order valence-electron chi connectivity index (χ0n) is 19.1. The van der Waals surface area contributed by atoms with E-state index in [4.69, 9.17) is 4.74 Å². The van der Waals surface area contributed by atoms with Gasteiger partial charge in [0, 0.05) is 32.1 Å². The average Bonchev–Trinajstić information content (AvgIpc) is 3.13. The molecule has 2 aromatic carbocycles. The van der Waals surface area contributed by atoms with Crippen LogP contribution < -0.4 is 5.32 Å². The molecule has 35 heavy (non-hydrogen) atoms. The van der Waals surface area contributed by atoms with Crippen LogP contribution in [0.4, 0.5) is 10.6 Å². The SMILES string of the molecule is Cn1nc(C(=O)N2CC3CC3(C(=O)O)C2)cc1NC(=O)OCC1c2ccccc2-c2ccccc21. The third-order valence-electron chi connectivity index (χ3n) is 7.53. The van der Waals surface area contributed by atoms with Gasteiger partial charge in [-0.05, 0) is 34.6 Å². The van der Waals surface area contributed by atoms with Gasteiger partial charge in [-0.15, -0.1) is 0 Å². The number of rotatable bonds is 5. The fourth-order valence-electron chi connectivity index (χ4n) is 5.56. The van der Waals surface area contributed by atoms with Gasteiger partial charge in [0.1, 0.15) is 12.4 Å². The number of amides is 2. The molecule has 0 radical (unpaired) electrons. The number of aryl methyl sites for hydroxylation is 1. The van der Waals surface area contributed by atoms with Crippen molar-refractivity contribution in [2.45, 2.75) is 12.3 Å². The molecule has 178 valence electrons. The monoisotopic (exact) mass is 472 g/mol. The summed E-state index contributed by atoms with van der Waals surface area (Å²) in [5, 5.41) is 16.3. The molecule has 9 nitrogen and oxygen atoms in total. The van der Waals surface area contributed by atoms with Crippen LogP contribution in [0, 0.1) is 11.3 Å². The second kappa shape index (κ2) is 7.69. The first-order valence-electron chi connectivity index (χ1n) is 11.6. The first-order chi connectivity index (χ1) is 16.9. The Bertz CT molecular complexity index is 1340. The number of carbonyl (C=O) groups excluding carboxylic acids is 2. The number of aromatic nitrogens is 2. The molecule has 2 unspecified atom stereocenters. The van der Waals surface area contributed by atoms with Gasteiger partial charge in [-0.25, -0.2) is 4.79 Å². The highest BCUT2D eigenvalue weighted by Crippen LogP contribution is 2.58. The first kappa shape index (κ1) is 21.4. The number of fused-ring (bicyclic) bond motifs is 4. The van der Waals surface area contributed by atoms with E-state index in [1.54, 1.807) is 7.05 Å². The van der Waals surface area contributed by atoms with Gasteiger partial charge < -0.3 is 14.7 Å². The molecule has 9 heteroatoms. The van der Waals surface area contributed by atoms with Gasteiger partial charge in [-0.2, -0.15) is 5.10 Å². The van der Waals surface area contributed by atoms with Crippen molar-refractivity contribution in [2.75, 3.05) is 25.0 Å². The van der Waals surface area contributed by atoms with Gasteiger partial charge in [-0.1, -0.05) is 48.5 Å². The molecule has 1 saturated heterocycles. The third kappa shape index (κ3) is 3.38. The summed E-state index contributed by atoms with van der Waals surface area (Å²) in [6.45, 7) is 0.782. The zero-order chi connectivity index (χ0) is 24.3. The first-order valence-corrected chi connectivity index (χ1v) is 11.6. The molecule has 1 saturated carbocycles. The standard InChI is InChI=1S/C26H24N4O5/c1-29-22(10-21(28-29)23(31)30-12-15-11-26(15,14-30)24(32)33)27-25(34)35-13-20-18-8-4-2-6-16(18)17-7-3-5-9-19(17)20/h2-10,15,20H,11-14H2,1H3,(H,27,34)(H,32,33). The molecule has 3 aliphatic rings. The second-order valence-corrected chi connectivity index (χ2v) is 9.54. The number of nitrogens with one attached hydrogen (secondary N) is 1. The zero-order valence-corrected chi connectivity index (χ0v) is 19.1. The van der Waals surface area contributed by atoms with Gasteiger partial charge in [0.25, 0.3) is 5.91 Å². The van der Waals surface area contributed by atoms with E-state index in [1.807, 2.05) is 24.3 Å². The number of piperidine rings is 1. The summed E-state index contributed by atoms with van der Waals surface area (Å²) in [5.41, 5.74) is 3.90. The third-order valence-corrected chi connectivity index (χ3v) is 7.53. The molecule has 1 aromatic heterocycles. The maximum absolute atomic E-state index is 12.9. The van der Waals surface area contributed by atoms with Crippen molar-refractivity contribution in [3.8, 4) is 11.1 Å². The Balaban J connectivity index is 1.11. The molecule has 2 fully saturated rings. The molecule has 6 rings (SSSR count). The Kier molecular flexibility index (Phi) is 4.70. The maximum atomic E-state index is 12.9. The van der Waals surface area contributed by atoms with Crippen LogP contribution in [0.1, 0.15) is 34.0 Å². The predicted molar refractivity (Wildman–Crippen MR) is 126 cm³/mol. The predicted octanol–water partition coefficient (Wildman–Crippen LogP) is 3.33. The number of hydrogen-bond acceptors (Lipinski definition) is 5. The van der Waals surface area contributed by atoms with Crippen molar-refractivity contribution < 1.29 is 24.2 Å². The van der Waals surface area contributed by atoms with E-state index in [2.05, 4.69) is 34.7 Å². The van der Waals surface area contributed by atoms with Crippen molar-refractivity contribution in [2.24, 2.45) is 18.4 Å². The lowest BCUT2D eigenvalue weighted by Gasteiger charge is -2.18. The van der Waals surface area contributed by atoms with Gasteiger partial charge in [0.15, 0.2) is 5.69 Å². The molecule has 1 aliphatic heterocycles. The summed E-state index contributed by atoms with van der Waals surface area (Å²) >= 11 is 0. The fraction of sp³-hybridized carbons (Fsp3) is 0.308. The molecule has 2 N–H and O–H groups in total. The molecule has 2 aliphatic carbocycles. The van der Waals surface area contributed by atoms with Crippen LogP contribution in [0.2, 0.25) is 0 Å². The summed E-state index contributed by atoms with van der Waals surface area (Å²) < 4.78 is 6.98. The highest BCUT2D eigenvalue weighted by molar-refractivity contribution is 5.95. The van der Waals surface area contributed by atoms with Crippen molar-refractivity contribution in [1.82, 2.24) is 14.7 Å². The Morgan fingerprint density at radius 3 is 2.40 bits per heavy atom. The van der Waals surface area contributed by atoms with Crippen molar-refractivity contribution in [3.63, 3.8) is 0 Å². The topological polar surface area (TPSA) is 114 Å². The highest BCUT2D eigenvalue weighted by atomic mass is 16.5. The number of carboxylic acid groups (broad SMARTS) is 1. The molecule has 0 spiro atoms. The normalized spacial score (nSPS) is 21.7. The van der Waals surface area contributed by atoms with E-state index >= 15 is 0 Å². The molecule has 0 bridgehead atoms. The fourth-order valence-corrected chi connectivity index (χ4v) is 5.56. The van der Waals surface area contributed by atoms with Crippen LogP contribution in [0.5, 0.6) is 0 Å². The number of hydrogen-bond donors (Lipinski definition) is 2. The number of anilines is 1. The lowest BCUT2D eigenvalue weighted by atomic mass is 9.98. The van der Waals surface area contributed by atoms with E-state index in [1.165, 1.54) is 15.6 Å². The van der Waals surface area contributed by atoms with Crippen molar-refractivity contribution in [3.05, 3.63) is 71.4 Å². The number of carboxylic acids is 1. The number of likely N-dealkylation sites (tertiary alicyclic amines) is 1. The van der Waals surface area contributed by atoms with E-state index in [0.29, 0.717) is 18.8 Å². The number of nitrogens with zero attached hydrogens (tertiary/aromatic N) is 3. The minimum absolute atomic E-state index is 0.00563. The van der Waals surface area contributed by atoms with Gasteiger partial charge >= 0.3 is 12.1 Å². The van der Waals surface area contributed by atoms with Crippen LogP contribution in [0.3, 0.4) is 0 Å². The van der Waals surface area contributed by atoms with Gasteiger partial charge in [0.2, 0.25) is 0 Å². The van der Waals surface area contributed by atoms with Gasteiger partial charge in [-0.3, -0.25) is 19.6 Å². The van der Waals surface area contributed by atoms with E-state index in [-0.39, 0.29) is 36.6 Å². The quantitative estimate of drug-likeness (QED) is 0.589. The summed E-state index contributed by atoms with van der Waals surface area (Å²) in [5.74, 6) is -0.917. The molecule has 3 aromatic rings. The van der Waals surface area contributed by atoms with Crippen LogP contribution in [0.25, 0.3) is 11.1 Å². The number of aliphatic carboxylic acids is 1. The summed E-state index contributed by atoms with van der Waals surface area (Å²) in [6.07, 6.45) is -0.0239. The largest absolute Gasteiger partial charge is 0.481 e. The Hall–Kier alpha value is -4.14. The van der Waals surface area contributed by atoms with Crippen molar-refractivity contribution in [1.29, 1.82) is 0 Å². The lowest BCUT2D eigenvalue weighted by Crippen LogP contribution is -2.34. The summed E-state index contributed by atoms with van der Waals surface area (Å²) in [4.78, 5) is 38.5. The molecular formula is C26H24N4O5. The van der Waals surface area contributed by atoms with Crippen LogP contribution in [-0.2, 0) is 16.6 Å². The lowest BCUT2D eigenvalue weighted by molar-refractivity contribution is -0.143. The number of benzene rings is 2. The highest BCUT2D eigenvalue weighted by Gasteiger charge is 2.66. The molecule has 2 heterocycles. The molecular weight excluding hydrogens is 448 g/mol. The number of ether oxygens (including phenoxy) is 1. The average molecular weight is 473 g/mol. The van der Waals surface area contributed by atoms with Crippen LogP contribution in [0.15, 0.2) is 54.6 Å². The second-order valence-electron chi connectivity index (χ2n) is 9.54. The summed E-state index contributed by atoms with van der Waals surface area (Å²) in [7, 11) is 1.62. The Morgan fingerprint density at radius 1 is 1.11 bits per heavy atom. The van der Waals surface area contributed by atoms with Crippen LogP contribution >= 0.6 is 0 Å². The minimum atomic E-state index is -0.851. The number of carbonyl (C=O) groups is 3. The minimum Gasteiger partial charge on any atom is -0.481 e. The Labute approximate surface area is 201 Å². The maximum Gasteiger partial charge on any atom is 0.412 e. The smallest absolute Gasteiger partial charge is 0.412 e. The Morgan fingerprint density at radius 2 is 1.77 bits per heavy atom. The molecule has 2 amide bonds. The van der Waals surface area contributed by atoms with Crippen LogP contribution in [-0.4, -0.2) is 57.5 Å².